The van der Waals surface area contributed by atoms with Gasteiger partial charge in [-0.15, -0.1) is 5.10 Å². The third kappa shape index (κ3) is 2.73. The van der Waals surface area contributed by atoms with Crippen LogP contribution in [0.3, 0.4) is 0 Å². The van der Waals surface area contributed by atoms with Gasteiger partial charge in [-0.2, -0.15) is 0 Å². The molecule has 1 aromatic heterocycles. The molecule has 5 nitrogen and oxygen atoms in total. The average Bonchev–Trinajstić information content (AvgIpc) is 2.58. The maximum absolute atomic E-state index is 5.58. The Kier molecular flexibility index (Phi) is 4.16. The average molecular weight is 228 g/mol. The van der Waals surface area contributed by atoms with E-state index in [1.165, 1.54) is 0 Å². The Morgan fingerprint density at radius 3 is 2.73 bits per heavy atom. The molecule has 15 heavy (non-hydrogen) atoms. The highest BCUT2D eigenvalue weighted by Gasteiger charge is 2.17. The van der Waals surface area contributed by atoms with Gasteiger partial charge in [-0.1, -0.05) is 31.3 Å². The van der Waals surface area contributed by atoms with Crippen molar-refractivity contribution in [2.45, 2.75) is 26.3 Å². The summed E-state index contributed by atoms with van der Waals surface area (Å²) in [5, 5.41) is 8.00. The fourth-order valence-corrected chi connectivity index (χ4v) is 1.56. The summed E-state index contributed by atoms with van der Waals surface area (Å²) in [5.41, 5.74) is 7.17. The molecule has 0 saturated carbocycles. The van der Waals surface area contributed by atoms with Gasteiger partial charge in [-0.05, 0) is 5.92 Å². The second kappa shape index (κ2) is 5.18. The van der Waals surface area contributed by atoms with Crippen LogP contribution in [0.4, 0.5) is 0 Å². The van der Waals surface area contributed by atoms with Crippen molar-refractivity contribution in [2.75, 3.05) is 13.7 Å². The molecule has 0 aliphatic heterocycles. The number of rotatable bonds is 5. The van der Waals surface area contributed by atoms with Crippen LogP contribution in [0.15, 0.2) is 0 Å². The van der Waals surface area contributed by atoms with E-state index in [0.717, 1.165) is 5.69 Å². The SMILES string of the molecule is COCCn1nnc(C(N)=S)c1C(C)C. The van der Waals surface area contributed by atoms with E-state index < -0.39 is 0 Å². The number of methoxy groups -OCH3 is 1. The molecule has 2 N–H and O–H groups in total. The molecule has 0 aromatic carbocycles. The molecule has 0 radical (unpaired) electrons. The number of hydrogen-bond donors (Lipinski definition) is 1. The van der Waals surface area contributed by atoms with E-state index in [2.05, 4.69) is 24.2 Å². The minimum Gasteiger partial charge on any atom is -0.388 e. The first-order valence-electron chi connectivity index (χ1n) is 4.80. The quantitative estimate of drug-likeness (QED) is 0.751. The topological polar surface area (TPSA) is 66.0 Å². The Bertz CT molecular complexity index is 348. The van der Waals surface area contributed by atoms with Gasteiger partial charge in [-0.3, -0.25) is 0 Å². The van der Waals surface area contributed by atoms with Crippen LogP contribution in [-0.4, -0.2) is 33.7 Å². The highest BCUT2D eigenvalue weighted by Crippen LogP contribution is 2.17. The first-order chi connectivity index (χ1) is 7.07. The van der Waals surface area contributed by atoms with Crippen LogP contribution in [0.25, 0.3) is 0 Å². The highest BCUT2D eigenvalue weighted by atomic mass is 32.1. The Labute approximate surface area is 94.6 Å². The van der Waals surface area contributed by atoms with Crippen molar-refractivity contribution in [1.82, 2.24) is 15.0 Å². The minimum absolute atomic E-state index is 0.286. The fraction of sp³-hybridized carbons (Fsp3) is 0.667. The number of nitrogens with two attached hydrogens (primary N) is 1. The van der Waals surface area contributed by atoms with E-state index in [4.69, 9.17) is 22.7 Å². The molecule has 0 atom stereocenters. The van der Waals surface area contributed by atoms with Gasteiger partial charge < -0.3 is 10.5 Å². The van der Waals surface area contributed by atoms with Gasteiger partial charge in [0.05, 0.1) is 18.8 Å². The molecule has 0 fully saturated rings. The van der Waals surface area contributed by atoms with Crippen LogP contribution < -0.4 is 5.73 Å². The molecule has 0 saturated heterocycles. The lowest BCUT2D eigenvalue weighted by Gasteiger charge is -2.09. The van der Waals surface area contributed by atoms with E-state index in [1.54, 1.807) is 11.8 Å². The molecular formula is C9H16N4OS. The van der Waals surface area contributed by atoms with E-state index in [0.29, 0.717) is 23.8 Å². The van der Waals surface area contributed by atoms with Crippen LogP contribution >= 0.6 is 12.2 Å². The van der Waals surface area contributed by atoms with E-state index in [-0.39, 0.29) is 5.92 Å². The lowest BCUT2D eigenvalue weighted by molar-refractivity contribution is 0.181. The summed E-state index contributed by atoms with van der Waals surface area (Å²) in [4.78, 5) is 0.294. The second-order valence-electron chi connectivity index (χ2n) is 3.56. The van der Waals surface area contributed by atoms with Gasteiger partial charge in [0.1, 0.15) is 10.7 Å². The fourth-order valence-electron chi connectivity index (χ4n) is 1.41. The predicted octanol–water partition coefficient (Wildman–Crippen LogP) is 0.682. The Morgan fingerprint density at radius 1 is 1.60 bits per heavy atom. The summed E-state index contributed by atoms with van der Waals surface area (Å²) in [6.07, 6.45) is 0. The highest BCUT2D eigenvalue weighted by molar-refractivity contribution is 7.80. The van der Waals surface area contributed by atoms with Crippen LogP contribution in [0, 0.1) is 0 Å². The van der Waals surface area contributed by atoms with Crippen molar-refractivity contribution in [1.29, 1.82) is 0 Å². The van der Waals surface area contributed by atoms with Gasteiger partial charge in [-0.25, -0.2) is 4.68 Å². The number of nitrogens with zero attached hydrogens (tertiary/aromatic N) is 3. The van der Waals surface area contributed by atoms with Crippen molar-refractivity contribution in [3.63, 3.8) is 0 Å². The van der Waals surface area contributed by atoms with E-state index in [9.17, 15) is 0 Å². The molecular weight excluding hydrogens is 212 g/mol. The Balaban J connectivity index is 3.01. The minimum atomic E-state index is 0.286. The molecule has 0 bridgehead atoms. The van der Waals surface area contributed by atoms with Crippen LogP contribution in [0.5, 0.6) is 0 Å². The molecule has 1 heterocycles. The predicted molar refractivity (Wildman–Crippen MR) is 61.9 cm³/mol. The van der Waals surface area contributed by atoms with Gasteiger partial charge in [0.2, 0.25) is 0 Å². The zero-order valence-electron chi connectivity index (χ0n) is 9.23. The standard InChI is InChI=1S/C9H16N4OS/c1-6(2)8-7(9(10)15)11-12-13(8)4-5-14-3/h6H,4-5H2,1-3H3,(H2,10,15). The second-order valence-corrected chi connectivity index (χ2v) is 4.00. The van der Waals surface area contributed by atoms with Crippen molar-refractivity contribution < 1.29 is 4.74 Å². The largest absolute Gasteiger partial charge is 0.388 e. The normalized spacial score (nSPS) is 10.9. The number of ether oxygens (including phenoxy) is 1. The molecule has 1 rings (SSSR count). The van der Waals surface area contributed by atoms with Gasteiger partial charge in [0, 0.05) is 7.11 Å². The Morgan fingerprint density at radius 2 is 2.27 bits per heavy atom. The smallest absolute Gasteiger partial charge is 0.143 e. The lowest BCUT2D eigenvalue weighted by atomic mass is 10.1. The van der Waals surface area contributed by atoms with Crippen LogP contribution in [0.2, 0.25) is 0 Å². The molecule has 0 unspecified atom stereocenters. The molecule has 84 valence electrons. The van der Waals surface area contributed by atoms with E-state index in [1.807, 2.05) is 0 Å². The third-order valence-electron chi connectivity index (χ3n) is 2.06. The monoisotopic (exact) mass is 228 g/mol. The third-order valence-corrected chi connectivity index (χ3v) is 2.25. The van der Waals surface area contributed by atoms with Crippen LogP contribution in [0.1, 0.15) is 31.2 Å². The first kappa shape index (κ1) is 12.1. The zero-order chi connectivity index (χ0) is 11.4. The summed E-state index contributed by atoms with van der Waals surface area (Å²) in [6.45, 7) is 5.38. The van der Waals surface area contributed by atoms with Crippen molar-refractivity contribution in [2.24, 2.45) is 5.73 Å². The Hall–Kier alpha value is -1.01. The molecule has 0 spiro atoms. The summed E-state index contributed by atoms with van der Waals surface area (Å²) in [7, 11) is 1.65. The molecule has 0 aliphatic rings. The number of hydrogen-bond acceptors (Lipinski definition) is 4. The van der Waals surface area contributed by atoms with E-state index >= 15 is 0 Å². The lowest BCUT2D eigenvalue weighted by Crippen LogP contribution is -2.16. The maximum atomic E-state index is 5.58. The number of thiocarbonyl (C=S) groups is 1. The van der Waals surface area contributed by atoms with Crippen molar-refractivity contribution in [3.05, 3.63) is 11.4 Å². The summed E-state index contributed by atoms with van der Waals surface area (Å²) < 4.78 is 6.79. The molecule has 6 heteroatoms. The van der Waals surface area contributed by atoms with Gasteiger partial charge >= 0.3 is 0 Å². The van der Waals surface area contributed by atoms with Crippen molar-refractivity contribution >= 4 is 17.2 Å². The van der Waals surface area contributed by atoms with Crippen molar-refractivity contribution in [3.8, 4) is 0 Å². The summed E-state index contributed by atoms with van der Waals surface area (Å²) in [5.74, 6) is 0.286. The summed E-state index contributed by atoms with van der Waals surface area (Å²) in [6, 6.07) is 0. The molecule has 0 amide bonds. The summed E-state index contributed by atoms with van der Waals surface area (Å²) >= 11 is 4.93. The van der Waals surface area contributed by atoms with Gasteiger partial charge in [0.15, 0.2) is 0 Å². The number of aromatic nitrogens is 3. The molecule has 0 aliphatic carbocycles. The molecule has 1 aromatic rings. The maximum Gasteiger partial charge on any atom is 0.143 e. The van der Waals surface area contributed by atoms with Gasteiger partial charge in [0.25, 0.3) is 0 Å². The van der Waals surface area contributed by atoms with Crippen LogP contribution in [-0.2, 0) is 11.3 Å². The zero-order valence-corrected chi connectivity index (χ0v) is 10.0. The first-order valence-corrected chi connectivity index (χ1v) is 5.20.